The minimum Gasteiger partial charge on any atom is -0.333 e. The molecule has 2 N–H and O–H groups in total. The van der Waals surface area contributed by atoms with Gasteiger partial charge in [-0.2, -0.15) is 10.4 Å². The molecular formula is C18H22N6O. The molecule has 2 amide bonds. The van der Waals surface area contributed by atoms with Gasteiger partial charge in [-0.25, -0.2) is 4.79 Å². The molecule has 0 saturated carbocycles. The molecule has 2 atom stereocenters. The van der Waals surface area contributed by atoms with Crippen molar-refractivity contribution < 1.29 is 4.79 Å². The molecule has 7 heteroatoms. The highest BCUT2D eigenvalue weighted by Gasteiger charge is 2.33. The third-order valence-corrected chi connectivity index (χ3v) is 4.44. The van der Waals surface area contributed by atoms with Gasteiger partial charge in [-0.1, -0.05) is 30.3 Å². The number of hydrogen-bond donors (Lipinski definition) is 2. The van der Waals surface area contributed by atoms with Gasteiger partial charge in [-0.15, -0.1) is 0 Å². The van der Waals surface area contributed by atoms with E-state index in [0.717, 1.165) is 13.0 Å². The van der Waals surface area contributed by atoms with Crippen LogP contribution in [0.1, 0.15) is 24.4 Å². The van der Waals surface area contributed by atoms with E-state index in [4.69, 9.17) is 5.26 Å². The zero-order chi connectivity index (χ0) is 17.6. The topological polar surface area (TPSA) is 86.0 Å². The van der Waals surface area contributed by atoms with Crippen LogP contribution in [0.15, 0.2) is 42.6 Å². The molecule has 1 saturated heterocycles. The van der Waals surface area contributed by atoms with Crippen molar-refractivity contribution in [1.29, 1.82) is 5.26 Å². The standard InChI is InChI=1S/C18H22N6O/c1-23-12-8-15(17(23)14-6-3-2-4-7-14)20-18(25)21-16-9-13-24(22-16)11-5-10-19/h2-4,6-7,9,13,15,17H,5,8,11-12H2,1H3,(H2,20,21,22,25)/t15-,17+/m1/s1. The highest BCUT2D eigenvalue weighted by Crippen LogP contribution is 2.30. The molecule has 1 aliphatic heterocycles. The van der Waals surface area contributed by atoms with Crippen LogP contribution in [-0.2, 0) is 6.54 Å². The fourth-order valence-corrected chi connectivity index (χ4v) is 3.27. The molecule has 2 heterocycles. The van der Waals surface area contributed by atoms with E-state index in [1.54, 1.807) is 16.9 Å². The minimum atomic E-state index is -0.258. The van der Waals surface area contributed by atoms with Crippen molar-refractivity contribution in [2.75, 3.05) is 18.9 Å². The molecule has 0 spiro atoms. The van der Waals surface area contributed by atoms with Gasteiger partial charge >= 0.3 is 6.03 Å². The van der Waals surface area contributed by atoms with Crippen LogP contribution in [0.5, 0.6) is 0 Å². The lowest BCUT2D eigenvalue weighted by Crippen LogP contribution is -2.41. The number of aryl methyl sites for hydroxylation is 1. The first-order chi connectivity index (χ1) is 12.2. The second-order valence-electron chi connectivity index (χ2n) is 6.20. The van der Waals surface area contributed by atoms with E-state index in [2.05, 4.69) is 45.9 Å². The number of urea groups is 1. The second kappa shape index (κ2) is 7.81. The normalized spacial score (nSPS) is 20.2. The number of aromatic nitrogens is 2. The third kappa shape index (κ3) is 4.17. The maximum atomic E-state index is 12.3. The summed E-state index contributed by atoms with van der Waals surface area (Å²) < 4.78 is 1.65. The maximum Gasteiger partial charge on any atom is 0.320 e. The Morgan fingerprint density at radius 2 is 2.16 bits per heavy atom. The van der Waals surface area contributed by atoms with Crippen LogP contribution in [0.2, 0.25) is 0 Å². The quantitative estimate of drug-likeness (QED) is 0.876. The van der Waals surface area contributed by atoms with Gasteiger partial charge in [0.05, 0.1) is 31.1 Å². The minimum absolute atomic E-state index is 0.0491. The Hall–Kier alpha value is -2.85. The molecule has 1 aliphatic rings. The van der Waals surface area contributed by atoms with Crippen LogP contribution in [0.3, 0.4) is 0 Å². The highest BCUT2D eigenvalue weighted by atomic mass is 16.2. The highest BCUT2D eigenvalue weighted by molar-refractivity contribution is 5.88. The van der Waals surface area contributed by atoms with Crippen molar-refractivity contribution in [3.8, 4) is 6.07 Å². The van der Waals surface area contributed by atoms with Crippen molar-refractivity contribution in [1.82, 2.24) is 20.0 Å². The van der Waals surface area contributed by atoms with Gasteiger partial charge in [0.15, 0.2) is 5.82 Å². The molecule has 1 fully saturated rings. The van der Waals surface area contributed by atoms with Crippen molar-refractivity contribution in [3.05, 3.63) is 48.2 Å². The summed E-state index contributed by atoms with van der Waals surface area (Å²) >= 11 is 0. The number of carbonyl (C=O) groups is 1. The van der Waals surface area contributed by atoms with E-state index in [1.165, 1.54) is 5.56 Å². The zero-order valence-electron chi connectivity index (χ0n) is 14.2. The SMILES string of the molecule is CN1CC[C@@H](NC(=O)Nc2ccn(CCC#N)n2)[C@@H]1c1ccccc1. The molecule has 1 aromatic heterocycles. The summed E-state index contributed by atoms with van der Waals surface area (Å²) in [6, 6.07) is 14.0. The maximum absolute atomic E-state index is 12.3. The Kier molecular flexibility index (Phi) is 5.31. The summed E-state index contributed by atoms with van der Waals surface area (Å²) in [6.07, 6.45) is 3.05. The first kappa shape index (κ1) is 17.0. The van der Waals surface area contributed by atoms with Gasteiger partial charge in [0.2, 0.25) is 0 Å². The molecule has 0 radical (unpaired) electrons. The Morgan fingerprint density at radius 1 is 1.36 bits per heavy atom. The van der Waals surface area contributed by atoms with Crippen molar-refractivity contribution >= 4 is 11.8 Å². The van der Waals surface area contributed by atoms with E-state index in [1.807, 2.05) is 18.2 Å². The summed E-state index contributed by atoms with van der Waals surface area (Å²) in [4.78, 5) is 14.6. The molecule has 0 aliphatic carbocycles. The zero-order valence-corrected chi connectivity index (χ0v) is 14.2. The number of nitrogens with one attached hydrogen (secondary N) is 2. The largest absolute Gasteiger partial charge is 0.333 e. The van der Waals surface area contributed by atoms with Crippen molar-refractivity contribution in [2.45, 2.75) is 31.5 Å². The summed E-state index contributed by atoms with van der Waals surface area (Å²) in [5, 5.41) is 18.7. The van der Waals surface area contributed by atoms with Gasteiger partial charge in [0.25, 0.3) is 0 Å². The molecule has 7 nitrogen and oxygen atoms in total. The van der Waals surface area contributed by atoms with Crippen LogP contribution in [0.25, 0.3) is 0 Å². The van der Waals surface area contributed by atoms with Crippen LogP contribution >= 0.6 is 0 Å². The number of likely N-dealkylation sites (N-methyl/N-ethyl adjacent to an activating group) is 1. The number of amides is 2. The van der Waals surface area contributed by atoms with Gasteiger partial charge in [0.1, 0.15) is 0 Å². The van der Waals surface area contributed by atoms with E-state index < -0.39 is 0 Å². The van der Waals surface area contributed by atoms with Gasteiger partial charge in [-0.3, -0.25) is 14.9 Å². The van der Waals surface area contributed by atoms with Crippen LogP contribution in [0.4, 0.5) is 10.6 Å². The Labute approximate surface area is 147 Å². The summed E-state index contributed by atoms with van der Waals surface area (Å²) in [5.74, 6) is 0.484. The van der Waals surface area contributed by atoms with E-state index >= 15 is 0 Å². The summed E-state index contributed by atoms with van der Waals surface area (Å²) in [6.45, 7) is 1.45. The number of carbonyl (C=O) groups excluding carboxylic acids is 1. The van der Waals surface area contributed by atoms with Crippen LogP contribution < -0.4 is 10.6 Å². The molecule has 25 heavy (non-hydrogen) atoms. The molecule has 130 valence electrons. The number of anilines is 1. The van der Waals surface area contributed by atoms with Gasteiger partial charge < -0.3 is 5.32 Å². The molecule has 1 aromatic carbocycles. The number of benzene rings is 1. The average molecular weight is 338 g/mol. The Balaban J connectivity index is 1.60. The predicted molar refractivity (Wildman–Crippen MR) is 94.8 cm³/mol. The second-order valence-corrected chi connectivity index (χ2v) is 6.20. The Morgan fingerprint density at radius 3 is 2.92 bits per heavy atom. The summed E-state index contributed by atoms with van der Waals surface area (Å²) in [5.41, 5.74) is 1.20. The first-order valence-electron chi connectivity index (χ1n) is 8.40. The lowest BCUT2D eigenvalue weighted by Gasteiger charge is -2.26. The van der Waals surface area contributed by atoms with E-state index in [0.29, 0.717) is 18.8 Å². The third-order valence-electron chi connectivity index (χ3n) is 4.44. The Bertz CT molecular complexity index is 750. The number of nitrogens with zero attached hydrogens (tertiary/aromatic N) is 4. The molecule has 0 bridgehead atoms. The number of nitriles is 1. The number of likely N-dealkylation sites (tertiary alicyclic amines) is 1. The lowest BCUT2D eigenvalue weighted by molar-refractivity contribution is 0.240. The predicted octanol–water partition coefficient (Wildman–Crippen LogP) is 2.36. The van der Waals surface area contributed by atoms with E-state index in [9.17, 15) is 4.79 Å². The number of hydrogen-bond acceptors (Lipinski definition) is 4. The van der Waals surface area contributed by atoms with Crippen LogP contribution in [0, 0.1) is 11.3 Å². The van der Waals surface area contributed by atoms with Crippen LogP contribution in [-0.4, -0.2) is 40.3 Å². The first-order valence-corrected chi connectivity index (χ1v) is 8.40. The molecule has 3 rings (SSSR count). The average Bonchev–Trinajstić information content (AvgIpc) is 3.20. The molecule has 2 aromatic rings. The smallest absolute Gasteiger partial charge is 0.320 e. The fourth-order valence-electron chi connectivity index (χ4n) is 3.27. The summed E-state index contributed by atoms with van der Waals surface area (Å²) in [7, 11) is 2.08. The lowest BCUT2D eigenvalue weighted by atomic mass is 10.0. The van der Waals surface area contributed by atoms with Crippen molar-refractivity contribution in [3.63, 3.8) is 0 Å². The van der Waals surface area contributed by atoms with E-state index in [-0.39, 0.29) is 18.1 Å². The van der Waals surface area contributed by atoms with Gasteiger partial charge in [0, 0.05) is 18.8 Å². The molecular weight excluding hydrogens is 316 g/mol. The molecule has 0 unspecified atom stereocenters. The van der Waals surface area contributed by atoms with Crippen molar-refractivity contribution in [2.24, 2.45) is 0 Å². The van der Waals surface area contributed by atoms with Gasteiger partial charge in [-0.05, 0) is 19.0 Å². The monoisotopic (exact) mass is 338 g/mol. The number of rotatable bonds is 5. The fraction of sp³-hybridized carbons (Fsp3) is 0.389.